The van der Waals surface area contributed by atoms with Crippen LogP contribution in [0.4, 0.5) is 17.2 Å². The second kappa shape index (κ2) is 7.38. The van der Waals surface area contributed by atoms with Crippen LogP contribution in [0.25, 0.3) is 0 Å². The van der Waals surface area contributed by atoms with Crippen LogP contribution in [0.1, 0.15) is 13.3 Å². The third-order valence-corrected chi connectivity index (χ3v) is 2.99. The maximum Gasteiger partial charge on any atom is 0.162 e. The van der Waals surface area contributed by atoms with Crippen molar-refractivity contribution in [2.24, 2.45) is 0 Å². The second-order valence-electron chi connectivity index (χ2n) is 4.55. The number of pyridine rings is 1. The van der Waals surface area contributed by atoms with E-state index in [0.717, 1.165) is 30.2 Å². The summed E-state index contributed by atoms with van der Waals surface area (Å²) in [5.41, 5.74) is 1.90. The Morgan fingerprint density at radius 2 is 1.76 bits per heavy atom. The number of methoxy groups -OCH3 is 2. The topological polar surface area (TPSA) is 55.4 Å². The van der Waals surface area contributed by atoms with Gasteiger partial charge in [0.2, 0.25) is 0 Å². The van der Waals surface area contributed by atoms with E-state index in [1.807, 2.05) is 30.3 Å². The maximum absolute atomic E-state index is 5.30. The van der Waals surface area contributed by atoms with Gasteiger partial charge in [-0.25, -0.2) is 4.98 Å². The highest BCUT2D eigenvalue weighted by Crippen LogP contribution is 2.31. The fraction of sp³-hybridized carbons (Fsp3) is 0.312. The monoisotopic (exact) mass is 287 g/mol. The maximum atomic E-state index is 5.30. The standard InChI is InChI=1S/C16H21N3O2/c1-4-8-17-16-11-13(7-9-18-16)19-12-5-6-14(20-2)15(10-12)21-3/h5-7,9-11H,4,8H2,1-3H3,(H2,17,18,19). The summed E-state index contributed by atoms with van der Waals surface area (Å²) >= 11 is 0. The third-order valence-electron chi connectivity index (χ3n) is 2.99. The molecule has 0 aliphatic rings. The first-order valence-corrected chi connectivity index (χ1v) is 6.95. The van der Waals surface area contributed by atoms with Crippen LogP contribution in [-0.4, -0.2) is 25.7 Å². The molecule has 0 amide bonds. The molecule has 2 rings (SSSR count). The molecule has 5 nitrogen and oxygen atoms in total. The highest BCUT2D eigenvalue weighted by Gasteiger charge is 2.05. The van der Waals surface area contributed by atoms with Crippen LogP contribution in [-0.2, 0) is 0 Å². The number of ether oxygens (including phenoxy) is 2. The average molecular weight is 287 g/mol. The number of benzene rings is 1. The lowest BCUT2D eigenvalue weighted by atomic mass is 10.2. The number of nitrogens with one attached hydrogen (secondary N) is 2. The van der Waals surface area contributed by atoms with Gasteiger partial charge in [-0.1, -0.05) is 6.92 Å². The number of aromatic nitrogens is 1. The van der Waals surface area contributed by atoms with E-state index in [-0.39, 0.29) is 0 Å². The van der Waals surface area contributed by atoms with Gasteiger partial charge in [0, 0.05) is 36.2 Å². The minimum atomic E-state index is 0.695. The molecule has 0 saturated carbocycles. The van der Waals surface area contributed by atoms with E-state index >= 15 is 0 Å². The van der Waals surface area contributed by atoms with Gasteiger partial charge >= 0.3 is 0 Å². The molecule has 1 heterocycles. The predicted molar refractivity (Wildman–Crippen MR) is 85.8 cm³/mol. The molecule has 2 aromatic rings. The molecule has 0 spiro atoms. The molecule has 0 fully saturated rings. The van der Waals surface area contributed by atoms with Crippen molar-refractivity contribution in [3.8, 4) is 11.5 Å². The third kappa shape index (κ3) is 4.02. The number of hydrogen-bond acceptors (Lipinski definition) is 5. The number of nitrogens with zero attached hydrogens (tertiary/aromatic N) is 1. The average Bonchev–Trinajstić information content (AvgIpc) is 2.53. The van der Waals surface area contributed by atoms with E-state index in [1.54, 1.807) is 20.4 Å². The molecular weight excluding hydrogens is 266 g/mol. The van der Waals surface area contributed by atoms with Gasteiger partial charge in [-0.15, -0.1) is 0 Å². The Morgan fingerprint density at radius 3 is 2.48 bits per heavy atom. The Labute approximate surface area is 125 Å². The molecule has 0 saturated heterocycles. The first-order chi connectivity index (χ1) is 10.3. The van der Waals surface area contributed by atoms with Crippen molar-refractivity contribution in [2.75, 3.05) is 31.4 Å². The molecule has 21 heavy (non-hydrogen) atoms. The fourth-order valence-corrected chi connectivity index (χ4v) is 1.94. The van der Waals surface area contributed by atoms with E-state index in [9.17, 15) is 0 Å². The molecule has 0 unspecified atom stereocenters. The van der Waals surface area contributed by atoms with Gasteiger partial charge in [-0.3, -0.25) is 0 Å². The van der Waals surface area contributed by atoms with Crippen molar-refractivity contribution < 1.29 is 9.47 Å². The lowest BCUT2D eigenvalue weighted by Crippen LogP contribution is -2.02. The molecular formula is C16H21N3O2. The summed E-state index contributed by atoms with van der Waals surface area (Å²) in [6.07, 6.45) is 2.84. The van der Waals surface area contributed by atoms with Crippen LogP contribution in [0.3, 0.4) is 0 Å². The second-order valence-corrected chi connectivity index (χ2v) is 4.55. The zero-order valence-corrected chi connectivity index (χ0v) is 12.6. The van der Waals surface area contributed by atoms with Crippen LogP contribution in [0, 0.1) is 0 Å². The van der Waals surface area contributed by atoms with Gasteiger partial charge in [-0.2, -0.15) is 0 Å². The molecule has 0 aliphatic heterocycles. The Morgan fingerprint density at radius 1 is 1.00 bits per heavy atom. The quantitative estimate of drug-likeness (QED) is 0.814. The summed E-state index contributed by atoms with van der Waals surface area (Å²) in [5, 5.41) is 6.60. The Balaban J connectivity index is 2.14. The molecule has 1 aromatic heterocycles. The van der Waals surface area contributed by atoms with Crippen LogP contribution in [0.5, 0.6) is 11.5 Å². The smallest absolute Gasteiger partial charge is 0.162 e. The summed E-state index contributed by atoms with van der Waals surface area (Å²) < 4.78 is 10.5. The van der Waals surface area contributed by atoms with Crippen LogP contribution in [0.15, 0.2) is 36.5 Å². The van der Waals surface area contributed by atoms with Crippen molar-refractivity contribution >= 4 is 17.2 Å². The fourth-order valence-electron chi connectivity index (χ4n) is 1.94. The molecule has 0 radical (unpaired) electrons. The zero-order valence-electron chi connectivity index (χ0n) is 12.6. The van der Waals surface area contributed by atoms with Gasteiger partial charge in [0.15, 0.2) is 11.5 Å². The van der Waals surface area contributed by atoms with Crippen LogP contribution in [0.2, 0.25) is 0 Å². The highest BCUT2D eigenvalue weighted by atomic mass is 16.5. The highest BCUT2D eigenvalue weighted by molar-refractivity contribution is 5.65. The molecule has 2 N–H and O–H groups in total. The number of hydrogen-bond donors (Lipinski definition) is 2. The minimum absolute atomic E-state index is 0.695. The van der Waals surface area contributed by atoms with Crippen molar-refractivity contribution in [3.05, 3.63) is 36.5 Å². The van der Waals surface area contributed by atoms with Gasteiger partial charge < -0.3 is 20.1 Å². The van der Waals surface area contributed by atoms with E-state index < -0.39 is 0 Å². The summed E-state index contributed by atoms with van der Waals surface area (Å²) in [6.45, 7) is 3.03. The molecule has 0 aliphatic carbocycles. The van der Waals surface area contributed by atoms with E-state index in [0.29, 0.717) is 11.5 Å². The Bertz CT molecular complexity index is 587. The minimum Gasteiger partial charge on any atom is -0.493 e. The lowest BCUT2D eigenvalue weighted by Gasteiger charge is -2.12. The largest absolute Gasteiger partial charge is 0.493 e. The summed E-state index contributed by atoms with van der Waals surface area (Å²) in [7, 11) is 3.25. The molecule has 5 heteroatoms. The molecule has 0 bridgehead atoms. The summed E-state index contributed by atoms with van der Waals surface area (Å²) in [5.74, 6) is 2.27. The van der Waals surface area contributed by atoms with Crippen LogP contribution >= 0.6 is 0 Å². The van der Waals surface area contributed by atoms with Gasteiger partial charge in [0.1, 0.15) is 5.82 Å². The van der Waals surface area contributed by atoms with Gasteiger partial charge in [0.25, 0.3) is 0 Å². The van der Waals surface area contributed by atoms with E-state index in [2.05, 4.69) is 22.5 Å². The van der Waals surface area contributed by atoms with Crippen molar-refractivity contribution in [1.82, 2.24) is 4.98 Å². The van der Waals surface area contributed by atoms with Crippen molar-refractivity contribution in [2.45, 2.75) is 13.3 Å². The molecule has 1 aromatic carbocycles. The van der Waals surface area contributed by atoms with E-state index in [1.165, 1.54) is 0 Å². The zero-order chi connectivity index (χ0) is 15.1. The number of rotatable bonds is 7. The molecule has 112 valence electrons. The van der Waals surface area contributed by atoms with Crippen molar-refractivity contribution in [3.63, 3.8) is 0 Å². The Hall–Kier alpha value is -2.43. The molecule has 0 atom stereocenters. The van der Waals surface area contributed by atoms with Gasteiger partial charge in [-0.05, 0) is 24.6 Å². The Kier molecular flexibility index (Phi) is 5.26. The van der Waals surface area contributed by atoms with Gasteiger partial charge in [0.05, 0.1) is 14.2 Å². The normalized spacial score (nSPS) is 10.0. The first kappa shape index (κ1) is 15.0. The van der Waals surface area contributed by atoms with Crippen molar-refractivity contribution in [1.29, 1.82) is 0 Å². The van der Waals surface area contributed by atoms with E-state index in [4.69, 9.17) is 9.47 Å². The number of anilines is 3. The van der Waals surface area contributed by atoms with Crippen LogP contribution < -0.4 is 20.1 Å². The first-order valence-electron chi connectivity index (χ1n) is 6.95. The summed E-state index contributed by atoms with van der Waals surface area (Å²) in [6, 6.07) is 9.62. The lowest BCUT2D eigenvalue weighted by molar-refractivity contribution is 0.355. The predicted octanol–water partition coefficient (Wildman–Crippen LogP) is 3.66. The summed E-state index contributed by atoms with van der Waals surface area (Å²) in [4.78, 5) is 4.28. The SMILES string of the molecule is CCCNc1cc(Nc2ccc(OC)c(OC)c2)ccn1.